The third-order valence-corrected chi connectivity index (χ3v) is 6.93. The van der Waals surface area contributed by atoms with Crippen molar-refractivity contribution in [2.75, 3.05) is 24.0 Å². The monoisotopic (exact) mass is 427 g/mol. The number of amides is 2. The molecule has 3 aliphatic rings. The van der Waals surface area contributed by atoms with E-state index in [1.54, 1.807) is 38.2 Å². The van der Waals surface area contributed by atoms with Gasteiger partial charge in [-0.1, -0.05) is 31.2 Å². The Hall–Kier alpha value is -2.58. The lowest BCUT2D eigenvalue weighted by molar-refractivity contribution is -0.144. The number of allylic oxidation sites excluding steroid dienone is 3. The van der Waals surface area contributed by atoms with Crippen molar-refractivity contribution in [3.05, 3.63) is 53.3 Å². The van der Waals surface area contributed by atoms with E-state index < -0.39 is 29.5 Å². The molecule has 2 heterocycles. The van der Waals surface area contributed by atoms with E-state index in [-0.39, 0.29) is 11.7 Å². The van der Waals surface area contributed by atoms with Crippen LogP contribution in [0.25, 0.3) is 0 Å². The van der Waals surface area contributed by atoms with Gasteiger partial charge in [0, 0.05) is 35.6 Å². The molecule has 4 rings (SSSR count). The Morgan fingerprint density at radius 3 is 2.67 bits per heavy atom. The highest BCUT2D eigenvalue weighted by Crippen LogP contribution is 2.46. The Morgan fingerprint density at radius 1 is 1.27 bits per heavy atom. The van der Waals surface area contributed by atoms with Gasteiger partial charge in [-0.05, 0) is 24.8 Å². The maximum absolute atomic E-state index is 13.2. The van der Waals surface area contributed by atoms with Crippen LogP contribution in [0.1, 0.15) is 18.9 Å². The number of hydrogen-bond donors (Lipinski definition) is 3. The van der Waals surface area contributed by atoms with Crippen molar-refractivity contribution in [1.29, 1.82) is 0 Å². The van der Waals surface area contributed by atoms with Gasteiger partial charge in [-0.15, -0.1) is 0 Å². The number of likely N-dealkylation sites (N-methyl/N-ethyl adjacent to an activating group) is 1. The zero-order valence-corrected chi connectivity index (χ0v) is 18.0. The zero-order chi connectivity index (χ0) is 21.6. The van der Waals surface area contributed by atoms with Crippen LogP contribution in [0.5, 0.6) is 0 Å². The molecule has 1 aromatic rings. The van der Waals surface area contributed by atoms with Crippen LogP contribution in [0.4, 0.5) is 5.69 Å². The molecule has 158 valence electrons. The van der Waals surface area contributed by atoms with Gasteiger partial charge >= 0.3 is 0 Å². The molecule has 4 atom stereocenters. The first-order valence-corrected chi connectivity index (χ1v) is 11.3. The van der Waals surface area contributed by atoms with Gasteiger partial charge in [-0.25, -0.2) is 0 Å². The Morgan fingerprint density at radius 2 is 2.00 bits per heavy atom. The number of anilines is 1. The number of carbonyl (C=O) groups is 3. The minimum absolute atomic E-state index is 0.115. The summed E-state index contributed by atoms with van der Waals surface area (Å²) in [5.41, 5.74) is 0.474. The second-order valence-electron chi connectivity index (χ2n) is 7.94. The quantitative estimate of drug-likeness (QED) is 0.623. The third kappa shape index (κ3) is 2.97. The summed E-state index contributed by atoms with van der Waals surface area (Å²) in [6, 6.07) is 5.92. The highest BCUT2D eigenvalue weighted by molar-refractivity contribution is 7.98. The van der Waals surface area contributed by atoms with Crippen molar-refractivity contribution < 1.29 is 19.5 Å². The number of benzene rings is 1. The molecule has 1 aliphatic carbocycles. The topological polar surface area (TPSA) is 98.7 Å². The van der Waals surface area contributed by atoms with Gasteiger partial charge in [0.15, 0.2) is 11.4 Å². The number of fused-ring (bicyclic) bond motifs is 1. The van der Waals surface area contributed by atoms with Crippen LogP contribution < -0.4 is 15.5 Å². The number of piperazine rings is 1. The first-order valence-electron chi connectivity index (χ1n) is 9.90. The molecule has 0 radical (unpaired) electrons. The summed E-state index contributed by atoms with van der Waals surface area (Å²) in [6.07, 6.45) is 5.66. The Labute approximate surface area is 179 Å². The molecular weight excluding hydrogens is 402 g/mol. The molecule has 30 heavy (non-hydrogen) atoms. The number of aliphatic hydroxyl groups is 1. The van der Waals surface area contributed by atoms with E-state index in [2.05, 4.69) is 10.6 Å². The van der Waals surface area contributed by atoms with E-state index in [0.29, 0.717) is 34.7 Å². The number of nitrogens with zero attached hydrogens (tertiary/aromatic N) is 1. The summed E-state index contributed by atoms with van der Waals surface area (Å²) in [6.45, 7) is 1.74. The van der Waals surface area contributed by atoms with E-state index in [4.69, 9.17) is 0 Å². The fourth-order valence-corrected chi connectivity index (χ4v) is 5.15. The SMILES string of the molecule is CSC[C@H]1N/C(=C2\CC=CC2=O)[C@@H]([C@@H](C)[C@@]2(O)C(=O)N(C)c3ccccc32)NC1=O. The molecule has 1 saturated heterocycles. The number of para-hydroxylation sites is 1. The number of hydrogen-bond acceptors (Lipinski definition) is 6. The van der Waals surface area contributed by atoms with Crippen LogP contribution in [0, 0.1) is 5.92 Å². The van der Waals surface area contributed by atoms with Crippen LogP contribution in [0.15, 0.2) is 47.7 Å². The number of rotatable bonds is 4. The molecule has 0 saturated carbocycles. The predicted octanol–water partition coefficient (Wildman–Crippen LogP) is 1.09. The molecule has 2 aliphatic heterocycles. The molecule has 0 spiro atoms. The van der Waals surface area contributed by atoms with Gasteiger partial charge in [0.05, 0.1) is 11.7 Å². The predicted molar refractivity (Wildman–Crippen MR) is 116 cm³/mol. The summed E-state index contributed by atoms with van der Waals surface area (Å²) >= 11 is 1.53. The average molecular weight is 428 g/mol. The van der Waals surface area contributed by atoms with Gasteiger partial charge < -0.3 is 20.6 Å². The van der Waals surface area contributed by atoms with Crippen molar-refractivity contribution in [3.63, 3.8) is 0 Å². The highest BCUT2D eigenvalue weighted by Gasteiger charge is 2.56. The van der Waals surface area contributed by atoms with Gasteiger partial charge in [0.25, 0.3) is 5.91 Å². The van der Waals surface area contributed by atoms with Crippen LogP contribution in [0.3, 0.4) is 0 Å². The smallest absolute Gasteiger partial charge is 0.263 e. The summed E-state index contributed by atoms with van der Waals surface area (Å²) in [4.78, 5) is 39.8. The van der Waals surface area contributed by atoms with Crippen LogP contribution in [-0.4, -0.2) is 53.8 Å². The Balaban J connectivity index is 1.78. The molecule has 0 bridgehead atoms. The molecule has 1 aromatic carbocycles. The molecule has 8 heteroatoms. The zero-order valence-electron chi connectivity index (χ0n) is 17.1. The lowest BCUT2D eigenvalue weighted by Crippen LogP contribution is -2.63. The Kier molecular flexibility index (Phi) is 5.23. The second kappa shape index (κ2) is 7.59. The molecular formula is C22H25N3O4S. The second-order valence-corrected chi connectivity index (χ2v) is 8.85. The summed E-state index contributed by atoms with van der Waals surface area (Å²) in [5.74, 6) is -0.939. The van der Waals surface area contributed by atoms with Gasteiger partial charge in [-0.2, -0.15) is 11.8 Å². The molecule has 7 nitrogen and oxygen atoms in total. The lowest BCUT2D eigenvalue weighted by atomic mass is 9.76. The van der Waals surface area contributed by atoms with Crippen molar-refractivity contribution in [1.82, 2.24) is 10.6 Å². The molecule has 0 unspecified atom stereocenters. The van der Waals surface area contributed by atoms with Crippen molar-refractivity contribution in [2.45, 2.75) is 31.0 Å². The fraction of sp³-hybridized carbons (Fsp3) is 0.409. The average Bonchev–Trinajstić information content (AvgIpc) is 3.25. The minimum atomic E-state index is -1.82. The van der Waals surface area contributed by atoms with Crippen LogP contribution in [0.2, 0.25) is 0 Å². The summed E-state index contributed by atoms with van der Waals surface area (Å²) < 4.78 is 0. The third-order valence-electron chi connectivity index (χ3n) is 6.27. The van der Waals surface area contributed by atoms with E-state index >= 15 is 0 Å². The van der Waals surface area contributed by atoms with Gasteiger partial charge in [0.2, 0.25) is 5.91 Å². The number of ketones is 1. The first kappa shape index (κ1) is 20.7. The number of thioether (sulfide) groups is 1. The lowest BCUT2D eigenvalue weighted by Gasteiger charge is -2.41. The van der Waals surface area contributed by atoms with Gasteiger partial charge in [0.1, 0.15) is 6.04 Å². The number of nitrogens with one attached hydrogen (secondary N) is 2. The minimum Gasteiger partial charge on any atom is -0.375 e. The van der Waals surface area contributed by atoms with E-state index in [1.807, 2.05) is 12.3 Å². The molecule has 1 fully saturated rings. The van der Waals surface area contributed by atoms with Crippen LogP contribution in [-0.2, 0) is 20.0 Å². The highest BCUT2D eigenvalue weighted by atomic mass is 32.2. The summed E-state index contributed by atoms with van der Waals surface area (Å²) in [5, 5.41) is 17.9. The first-order chi connectivity index (χ1) is 14.3. The normalized spacial score (nSPS) is 31.6. The number of carbonyl (C=O) groups excluding carboxylic acids is 3. The van der Waals surface area contributed by atoms with Gasteiger partial charge in [-0.3, -0.25) is 14.4 Å². The fourth-order valence-electron chi connectivity index (χ4n) is 4.58. The van der Waals surface area contributed by atoms with E-state index in [1.165, 1.54) is 22.7 Å². The van der Waals surface area contributed by atoms with Crippen molar-refractivity contribution in [3.8, 4) is 0 Å². The standard InChI is InChI=1S/C22H25N3O4S/c1-12(22(29)14-8-4-5-9-16(14)25(2)21(22)28)18-19(13-7-6-10-17(13)26)23-15(11-30-3)20(27)24-18/h4-6,8-10,12,15,18,23,29H,7,11H2,1-3H3,(H,24,27)/b19-13+/t12-,15-,18-,22+/m1/s1. The maximum atomic E-state index is 13.2. The summed E-state index contributed by atoms with van der Waals surface area (Å²) in [7, 11) is 1.63. The molecule has 3 N–H and O–H groups in total. The van der Waals surface area contributed by atoms with Crippen molar-refractivity contribution in [2.24, 2.45) is 5.92 Å². The molecule has 2 amide bonds. The van der Waals surface area contributed by atoms with Crippen molar-refractivity contribution >= 4 is 35.0 Å². The largest absolute Gasteiger partial charge is 0.375 e. The van der Waals surface area contributed by atoms with Crippen LogP contribution >= 0.6 is 11.8 Å². The van der Waals surface area contributed by atoms with E-state index in [9.17, 15) is 19.5 Å². The Bertz CT molecular complexity index is 988. The molecule has 0 aromatic heterocycles. The maximum Gasteiger partial charge on any atom is 0.263 e. The van der Waals surface area contributed by atoms with E-state index in [0.717, 1.165) is 0 Å².